The lowest BCUT2D eigenvalue weighted by molar-refractivity contribution is 0.0649. The lowest BCUT2D eigenvalue weighted by Crippen LogP contribution is -2.22. The number of halogens is 3. The molecule has 3 rings (SSSR count). The first-order valence-electron chi connectivity index (χ1n) is 11.2. The smallest absolute Gasteiger partial charge is 0.224 e. The molecule has 0 spiro atoms. The van der Waals surface area contributed by atoms with Crippen molar-refractivity contribution in [3.8, 4) is 17.6 Å². The van der Waals surface area contributed by atoms with Crippen LogP contribution in [0.3, 0.4) is 0 Å². The van der Waals surface area contributed by atoms with E-state index in [0.717, 1.165) is 0 Å². The quantitative estimate of drug-likeness (QED) is 0.225. The minimum Gasteiger partial charge on any atom is -0.453 e. The molecule has 0 aliphatic rings. The number of hydrogen-bond acceptors (Lipinski definition) is 7. The Morgan fingerprint density at radius 2 is 1.92 bits per heavy atom. The van der Waals surface area contributed by atoms with Gasteiger partial charge in [-0.15, -0.1) is 0 Å². The van der Waals surface area contributed by atoms with Crippen LogP contribution in [-0.2, 0) is 17.7 Å². The number of nitrogens with one attached hydrogen (secondary N) is 2. The van der Waals surface area contributed by atoms with E-state index in [1.54, 1.807) is 32.4 Å². The molecule has 0 aliphatic heterocycles. The molecule has 0 fully saturated rings. The Hall–Kier alpha value is -3.45. The van der Waals surface area contributed by atoms with Crippen molar-refractivity contribution < 1.29 is 19.0 Å². The van der Waals surface area contributed by atoms with Gasteiger partial charge in [-0.3, -0.25) is 15.5 Å². The van der Waals surface area contributed by atoms with Gasteiger partial charge < -0.3 is 14.6 Å². The molecule has 0 aliphatic carbocycles. The van der Waals surface area contributed by atoms with Gasteiger partial charge in [0.25, 0.3) is 0 Å². The number of benzene rings is 2. The first-order chi connectivity index (χ1) is 17.3. The maximum absolute atomic E-state index is 15.3. The summed E-state index contributed by atoms with van der Waals surface area (Å²) < 4.78 is 28.0. The molecule has 0 atom stereocenters. The van der Waals surface area contributed by atoms with E-state index >= 15 is 4.39 Å². The minimum atomic E-state index is -0.866. The van der Waals surface area contributed by atoms with Gasteiger partial charge >= 0.3 is 0 Å². The van der Waals surface area contributed by atoms with Crippen molar-refractivity contribution in [2.24, 2.45) is 0 Å². The van der Waals surface area contributed by atoms with Gasteiger partial charge in [0.1, 0.15) is 5.75 Å². The van der Waals surface area contributed by atoms with Crippen molar-refractivity contribution in [3.05, 3.63) is 74.3 Å². The van der Waals surface area contributed by atoms with Gasteiger partial charge in [0.2, 0.25) is 5.90 Å². The summed E-state index contributed by atoms with van der Waals surface area (Å²) in [4.78, 5) is 0. The molecule has 0 saturated heterocycles. The summed E-state index contributed by atoms with van der Waals surface area (Å²) >= 11 is 12.1. The summed E-state index contributed by atoms with van der Waals surface area (Å²) in [5, 5.41) is 40.3. The van der Waals surface area contributed by atoms with Crippen LogP contribution in [0.2, 0.25) is 10.0 Å². The first-order valence-corrected chi connectivity index (χ1v) is 12.0. The van der Waals surface area contributed by atoms with E-state index < -0.39 is 11.4 Å². The van der Waals surface area contributed by atoms with Crippen LogP contribution in [0.5, 0.6) is 11.5 Å². The van der Waals surface area contributed by atoms with Gasteiger partial charge in [-0.05, 0) is 58.4 Å². The van der Waals surface area contributed by atoms with E-state index in [0.29, 0.717) is 29.9 Å². The van der Waals surface area contributed by atoms with Crippen molar-refractivity contribution in [3.63, 3.8) is 0 Å². The van der Waals surface area contributed by atoms with Crippen LogP contribution in [0.1, 0.15) is 48.3 Å². The maximum atomic E-state index is 15.3. The Bertz CT molecular complexity index is 1410. The third kappa shape index (κ3) is 7.07. The van der Waals surface area contributed by atoms with Crippen LogP contribution in [0.15, 0.2) is 30.3 Å². The molecule has 194 valence electrons. The molecule has 0 amide bonds. The Labute approximate surface area is 224 Å². The van der Waals surface area contributed by atoms with Gasteiger partial charge in [0.05, 0.1) is 39.9 Å². The summed E-state index contributed by atoms with van der Waals surface area (Å²) in [5.74, 6) is -1.62. The number of hydrogen-bond donors (Lipinski definition) is 3. The van der Waals surface area contributed by atoms with Gasteiger partial charge in [-0.2, -0.15) is 10.4 Å². The molecule has 1 heterocycles. The normalized spacial score (nSPS) is 11.2. The Balaban J connectivity index is 1.76. The summed E-state index contributed by atoms with van der Waals surface area (Å²) in [6, 6.07) is 9.02. The Morgan fingerprint density at radius 1 is 1.22 bits per heavy atom. The zero-order valence-electron chi connectivity index (χ0n) is 20.7. The highest BCUT2D eigenvalue weighted by molar-refractivity contribution is 6.32. The molecule has 2 aromatic carbocycles. The molecule has 0 saturated carbocycles. The number of aliphatic hydroxyl groups is 1. The van der Waals surface area contributed by atoms with Gasteiger partial charge in [0, 0.05) is 22.8 Å². The fraction of sp³-hybridized carbons (Fsp3) is 0.308. The van der Waals surface area contributed by atoms with E-state index in [1.807, 2.05) is 6.07 Å². The molecule has 0 unspecified atom stereocenters. The predicted molar refractivity (Wildman–Crippen MR) is 140 cm³/mol. The summed E-state index contributed by atoms with van der Waals surface area (Å²) in [7, 11) is 0. The van der Waals surface area contributed by atoms with Gasteiger partial charge in [-0.25, -0.2) is 4.39 Å². The lowest BCUT2D eigenvalue weighted by atomic mass is 10.1. The minimum absolute atomic E-state index is 0.00959. The average molecular weight is 546 g/mol. The first kappa shape index (κ1) is 28.1. The van der Waals surface area contributed by atoms with E-state index in [2.05, 4.69) is 5.10 Å². The van der Waals surface area contributed by atoms with Crippen molar-refractivity contribution in [2.45, 2.75) is 52.7 Å². The van der Waals surface area contributed by atoms with Crippen molar-refractivity contribution in [1.29, 1.82) is 16.1 Å². The summed E-state index contributed by atoms with van der Waals surface area (Å²) in [5.41, 5.74) is 1.06. The maximum Gasteiger partial charge on any atom is 0.224 e. The molecule has 8 nitrogen and oxygen atoms in total. The molecular formula is C26H26Cl2FN5O3. The highest BCUT2D eigenvalue weighted by Gasteiger charge is 2.22. The van der Waals surface area contributed by atoms with E-state index in [-0.39, 0.29) is 50.9 Å². The zero-order valence-corrected chi connectivity index (χ0v) is 22.3. The number of aromatic nitrogens is 2. The highest BCUT2D eigenvalue weighted by atomic mass is 35.5. The zero-order chi connectivity index (χ0) is 27.5. The molecular weight excluding hydrogens is 520 g/mol. The third-order valence-electron chi connectivity index (χ3n) is 5.47. The monoisotopic (exact) mass is 545 g/mol. The number of nitriles is 1. The predicted octanol–water partition coefficient (Wildman–Crippen LogP) is 6.33. The van der Waals surface area contributed by atoms with Crippen LogP contribution >= 0.6 is 23.2 Å². The largest absolute Gasteiger partial charge is 0.453 e. The standard InChI is InChI=1S/C26H26Cl2FN5O3/c1-14-22(15(2)34(33-14)8-7-26(3,4)35)25(32)37-21(31)11-17-5-6-20(28)24(23(17)29)36-19-10-16(13-30)9-18(27)12-19/h5-6,9-10,12,31-32,35H,7-8,11H2,1-4H3. The van der Waals surface area contributed by atoms with Crippen LogP contribution in [0.4, 0.5) is 4.39 Å². The molecule has 37 heavy (non-hydrogen) atoms. The second-order valence-electron chi connectivity index (χ2n) is 9.10. The second-order valence-corrected chi connectivity index (χ2v) is 9.95. The topological polar surface area (TPSA) is 128 Å². The highest BCUT2D eigenvalue weighted by Crippen LogP contribution is 2.35. The van der Waals surface area contributed by atoms with Crippen molar-refractivity contribution >= 4 is 35.0 Å². The van der Waals surface area contributed by atoms with Gasteiger partial charge in [-0.1, -0.05) is 29.3 Å². The Kier molecular flexibility index (Phi) is 8.59. The fourth-order valence-corrected chi connectivity index (χ4v) is 4.02. The number of ether oxygens (including phenoxy) is 2. The van der Waals surface area contributed by atoms with Crippen molar-refractivity contribution in [1.82, 2.24) is 9.78 Å². The lowest BCUT2D eigenvalue weighted by Gasteiger charge is -2.17. The number of nitrogens with zero attached hydrogens (tertiary/aromatic N) is 3. The van der Waals surface area contributed by atoms with Crippen LogP contribution in [0.25, 0.3) is 0 Å². The van der Waals surface area contributed by atoms with E-state index in [1.165, 1.54) is 30.3 Å². The summed E-state index contributed by atoms with van der Waals surface area (Å²) in [6.45, 7) is 7.36. The van der Waals surface area contributed by atoms with E-state index in [4.69, 9.17) is 48.8 Å². The fourth-order valence-electron chi connectivity index (χ4n) is 3.61. The third-order valence-corrected chi connectivity index (χ3v) is 5.99. The van der Waals surface area contributed by atoms with Crippen LogP contribution in [-0.4, -0.2) is 32.3 Å². The molecule has 0 radical (unpaired) electrons. The van der Waals surface area contributed by atoms with Crippen molar-refractivity contribution in [2.75, 3.05) is 0 Å². The molecule has 3 N–H and O–H groups in total. The Morgan fingerprint density at radius 3 is 2.57 bits per heavy atom. The number of aryl methyl sites for hydroxylation is 2. The SMILES string of the molecule is Cc1nn(CCC(C)(C)O)c(C)c1C(=N)OC(=N)Cc1ccc(Cl)c(Oc2cc(Cl)cc(C#N)c2)c1F. The van der Waals surface area contributed by atoms with Gasteiger partial charge in [0.15, 0.2) is 17.5 Å². The van der Waals surface area contributed by atoms with E-state index in [9.17, 15) is 5.11 Å². The van der Waals surface area contributed by atoms with Crippen LogP contribution in [0, 0.1) is 41.8 Å². The summed E-state index contributed by atoms with van der Waals surface area (Å²) in [6.07, 6.45) is 0.192. The number of rotatable bonds is 8. The molecule has 3 aromatic rings. The molecule has 0 bridgehead atoms. The second kappa shape index (κ2) is 11.3. The van der Waals surface area contributed by atoms with Crippen LogP contribution < -0.4 is 4.74 Å². The average Bonchev–Trinajstić information content (AvgIpc) is 3.09. The molecule has 1 aromatic heterocycles. The molecule has 11 heteroatoms.